The van der Waals surface area contributed by atoms with Crippen LogP contribution in [0.15, 0.2) is 71.8 Å². The minimum atomic E-state index is -0.282. The standard InChI is InChI=1S/C26H17ClN6O2/c1-35-17-7-5-15(6-8-17)13-32-14-20-18-9-16(11-28)21(27)10-24(18)33(26(34)25(20)31-32)23-4-2-3-22-19(23)12-29-30-22/h2-10,12,14H,13H2,1H3,(H,29,30). The van der Waals surface area contributed by atoms with E-state index in [4.69, 9.17) is 16.3 Å². The zero-order chi connectivity index (χ0) is 24.1. The first-order valence-corrected chi connectivity index (χ1v) is 11.2. The van der Waals surface area contributed by atoms with Gasteiger partial charge in [0.15, 0.2) is 5.52 Å². The van der Waals surface area contributed by atoms with Crippen molar-refractivity contribution >= 4 is 44.3 Å². The molecule has 0 aliphatic rings. The molecule has 9 heteroatoms. The Bertz CT molecular complexity index is 1860. The predicted molar refractivity (Wildman–Crippen MR) is 134 cm³/mol. The largest absolute Gasteiger partial charge is 0.497 e. The molecule has 8 nitrogen and oxygen atoms in total. The summed E-state index contributed by atoms with van der Waals surface area (Å²) in [6.45, 7) is 0.468. The van der Waals surface area contributed by atoms with Crippen molar-refractivity contribution in [3.63, 3.8) is 0 Å². The molecular formula is C26H17ClN6O2. The third-order valence-corrected chi connectivity index (χ3v) is 6.42. The van der Waals surface area contributed by atoms with Crippen molar-refractivity contribution in [2.75, 3.05) is 7.11 Å². The number of aromatic amines is 1. The number of methoxy groups -OCH3 is 1. The summed E-state index contributed by atoms with van der Waals surface area (Å²) in [5.41, 5.74) is 3.39. The van der Waals surface area contributed by atoms with Gasteiger partial charge in [0.2, 0.25) is 0 Å². The smallest absolute Gasteiger partial charge is 0.284 e. The van der Waals surface area contributed by atoms with Gasteiger partial charge in [-0.25, -0.2) is 0 Å². The lowest BCUT2D eigenvalue weighted by Gasteiger charge is -2.13. The second-order valence-electron chi connectivity index (χ2n) is 8.15. The van der Waals surface area contributed by atoms with Crippen LogP contribution in [-0.4, -0.2) is 31.7 Å². The predicted octanol–water partition coefficient (Wildman–Crippen LogP) is 4.80. The summed E-state index contributed by atoms with van der Waals surface area (Å²) in [6, 6.07) is 18.8. The molecule has 1 N–H and O–H groups in total. The summed E-state index contributed by atoms with van der Waals surface area (Å²) >= 11 is 6.41. The van der Waals surface area contributed by atoms with Crippen LogP contribution in [0.3, 0.4) is 0 Å². The van der Waals surface area contributed by atoms with Crippen molar-refractivity contribution in [3.8, 4) is 17.5 Å². The zero-order valence-electron chi connectivity index (χ0n) is 18.5. The van der Waals surface area contributed by atoms with Crippen molar-refractivity contribution in [3.05, 3.63) is 93.5 Å². The number of ether oxygens (including phenoxy) is 1. The Morgan fingerprint density at radius 3 is 2.71 bits per heavy atom. The summed E-state index contributed by atoms with van der Waals surface area (Å²) in [4.78, 5) is 13.9. The number of rotatable bonds is 4. The SMILES string of the molecule is COc1ccc(Cn2cc3c(n2)c(=O)n(-c2cccc4[nH]ncc24)c2cc(Cl)c(C#N)cc32)cc1. The first-order valence-electron chi connectivity index (χ1n) is 10.8. The number of hydrogen-bond acceptors (Lipinski definition) is 5. The first-order chi connectivity index (χ1) is 17.1. The number of nitrogens with zero attached hydrogens (tertiary/aromatic N) is 5. The van der Waals surface area contributed by atoms with Crippen LogP contribution >= 0.6 is 11.6 Å². The van der Waals surface area contributed by atoms with Crippen molar-refractivity contribution in [2.45, 2.75) is 6.54 Å². The van der Waals surface area contributed by atoms with Gasteiger partial charge in [-0.2, -0.15) is 15.5 Å². The number of pyridine rings is 1. The normalized spacial score (nSPS) is 11.3. The number of H-pyrrole nitrogens is 1. The molecule has 0 fully saturated rings. The van der Waals surface area contributed by atoms with Crippen molar-refractivity contribution < 1.29 is 4.74 Å². The minimum Gasteiger partial charge on any atom is -0.497 e. The fourth-order valence-corrected chi connectivity index (χ4v) is 4.63. The van der Waals surface area contributed by atoms with Crippen molar-refractivity contribution in [1.29, 1.82) is 5.26 Å². The minimum absolute atomic E-state index is 0.275. The molecule has 0 aliphatic carbocycles. The highest BCUT2D eigenvalue weighted by atomic mass is 35.5. The van der Waals surface area contributed by atoms with Gasteiger partial charge in [-0.1, -0.05) is 29.8 Å². The monoisotopic (exact) mass is 480 g/mol. The number of hydrogen-bond donors (Lipinski definition) is 1. The van der Waals surface area contributed by atoms with Crippen molar-refractivity contribution in [1.82, 2.24) is 24.5 Å². The van der Waals surface area contributed by atoms with E-state index in [1.807, 2.05) is 48.7 Å². The lowest BCUT2D eigenvalue weighted by atomic mass is 10.1. The van der Waals surface area contributed by atoms with Crippen LogP contribution in [0, 0.1) is 11.3 Å². The highest BCUT2D eigenvalue weighted by molar-refractivity contribution is 6.32. The molecule has 170 valence electrons. The lowest BCUT2D eigenvalue weighted by molar-refractivity contribution is 0.414. The molecule has 3 aromatic carbocycles. The van der Waals surface area contributed by atoms with Crippen LogP contribution in [0.1, 0.15) is 11.1 Å². The Morgan fingerprint density at radius 2 is 1.94 bits per heavy atom. The molecule has 0 spiro atoms. The third kappa shape index (κ3) is 3.33. The average Bonchev–Trinajstić information content (AvgIpc) is 3.52. The summed E-state index contributed by atoms with van der Waals surface area (Å²) < 4.78 is 8.56. The van der Waals surface area contributed by atoms with E-state index in [1.54, 1.807) is 34.7 Å². The van der Waals surface area contributed by atoms with Crippen LogP contribution < -0.4 is 10.3 Å². The number of nitrogens with one attached hydrogen (secondary N) is 1. The molecule has 0 unspecified atom stereocenters. The number of fused-ring (bicyclic) bond motifs is 4. The van der Waals surface area contributed by atoms with E-state index in [1.165, 1.54) is 0 Å². The molecule has 3 aromatic heterocycles. The maximum Gasteiger partial charge on any atom is 0.284 e. The molecule has 0 saturated carbocycles. The molecule has 0 amide bonds. The van der Waals surface area contributed by atoms with Gasteiger partial charge >= 0.3 is 0 Å². The highest BCUT2D eigenvalue weighted by Crippen LogP contribution is 2.31. The summed E-state index contributed by atoms with van der Waals surface area (Å²) in [5, 5.41) is 23.7. The molecular weight excluding hydrogens is 464 g/mol. The van der Waals surface area contributed by atoms with Gasteiger partial charge in [0.1, 0.15) is 11.8 Å². The Labute approximate surface area is 203 Å². The number of benzene rings is 3. The molecule has 0 bridgehead atoms. The maximum atomic E-state index is 13.9. The molecule has 6 rings (SSSR count). The quantitative estimate of drug-likeness (QED) is 0.390. The maximum absolute atomic E-state index is 13.9. The topological polar surface area (TPSA) is 102 Å². The van der Waals surface area contributed by atoms with Gasteiger partial charge in [-0.15, -0.1) is 0 Å². The summed E-state index contributed by atoms with van der Waals surface area (Å²) in [6.07, 6.45) is 3.52. The summed E-state index contributed by atoms with van der Waals surface area (Å²) in [5.74, 6) is 0.766. The number of nitriles is 1. The van der Waals surface area contributed by atoms with Gasteiger partial charge in [0.05, 0.1) is 47.2 Å². The van der Waals surface area contributed by atoms with E-state index >= 15 is 0 Å². The van der Waals surface area contributed by atoms with E-state index in [2.05, 4.69) is 21.4 Å². The lowest BCUT2D eigenvalue weighted by Crippen LogP contribution is -2.20. The highest BCUT2D eigenvalue weighted by Gasteiger charge is 2.19. The molecule has 0 aliphatic heterocycles. The van der Waals surface area contributed by atoms with E-state index in [-0.39, 0.29) is 10.6 Å². The van der Waals surface area contributed by atoms with Gasteiger partial charge in [0.25, 0.3) is 5.56 Å². The van der Waals surface area contributed by atoms with Crippen LogP contribution in [0.25, 0.3) is 38.4 Å². The first kappa shape index (κ1) is 21.0. The number of aromatic nitrogens is 5. The molecule has 0 radical (unpaired) electrons. The second kappa shape index (κ2) is 8.01. The van der Waals surface area contributed by atoms with Crippen LogP contribution in [-0.2, 0) is 6.54 Å². The fraction of sp³-hybridized carbons (Fsp3) is 0.0769. The Kier molecular flexibility index (Phi) is 4.80. The van der Waals surface area contributed by atoms with Gasteiger partial charge in [0, 0.05) is 22.4 Å². The molecule has 0 saturated heterocycles. The number of halogens is 1. The fourth-order valence-electron chi connectivity index (χ4n) is 4.43. The van der Waals surface area contributed by atoms with E-state index in [0.717, 1.165) is 22.2 Å². The van der Waals surface area contributed by atoms with Gasteiger partial charge < -0.3 is 4.74 Å². The average molecular weight is 481 g/mol. The van der Waals surface area contributed by atoms with Crippen LogP contribution in [0.4, 0.5) is 0 Å². The molecule has 3 heterocycles. The van der Waals surface area contributed by atoms with Crippen LogP contribution in [0.5, 0.6) is 5.75 Å². The van der Waals surface area contributed by atoms with Gasteiger partial charge in [-0.3, -0.25) is 19.1 Å². The van der Waals surface area contributed by atoms with E-state index < -0.39 is 0 Å². The molecule has 6 aromatic rings. The summed E-state index contributed by atoms with van der Waals surface area (Å²) in [7, 11) is 1.62. The van der Waals surface area contributed by atoms with Crippen LogP contribution in [0.2, 0.25) is 5.02 Å². The third-order valence-electron chi connectivity index (χ3n) is 6.11. The van der Waals surface area contributed by atoms with Crippen molar-refractivity contribution in [2.24, 2.45) is 0 Å². The molecule has 0 atom stereocenters. The van der Waals surface area contributed by atoms with Gasteiger partial charge in [-0.05, 0) is 42.0 Å². The second-order valence-corrected chi connectivity index (χ2v) is 8.55. The molecule has 35 heavy (non-hydrogen) atoms. The Morgan fingerprint density at radius 1 is 1.11 bits per heavy atom. The Hall–Kier alpha value is -4.61. The Balaban J connectivity index is 1.64. The van der Waals surface area contributed by atoms with E-state index in [9.17, 15) is 10.1 Å². The van der Waals surface area contributed by atoms with E-state index in [0.29, 0.717) is 39.6 Å². The zero-order valence-corrected chi connectivity index (χ0v) is 19.2.